The standard InChI is InChI=1S/C9H19NO/c1-8(10(3)11-4)9(2)6-5-7-9/h8H,5-7H2,1-4H3. The zero-order valence-electron chi connectivity index (χ0n) is 8.05. The van der Waals surface area contributed by atoms with Crippen LogP contribution in [-0.4, -0.2) is 25.3 Å². The lowest BCUT2D eigenvalue weighted by Crippen LogP contribution is -2.46. The van der Waals surface area contributed by atoms with Gasteiger partial charge in [0.2, 0.25) is 0 Å². The molecule has 2 heteroatoms. The fourth-order valence-electron chi connectivity index (χ4n) is 1.75. The normalized spacial score (nSPS) is 24.8. The summed E-state index contributed by atoms with van der Waals surface area (Å²) in [4.78, 5) is 5.17. The molecule has 11 heavy (non-hydrogen) atoms. The van der Waals surface area contributed by atoms with E-state index >= 15 is 0 Å². The first-order chi connectivity index (χ1) is 5.10. The summed E-state index contributed by atoms with van der Waals surface area (Å²) in [7, 11) is 3.74. The molecular formula is C9H19NO. The molecule has 0 heterocycles. The molecule has 1 unspecified atom stereocenters. The summed E-state index contributed by atoms with van der Waals surface area (Å²) in [5, 5.41) is 1.96. The highest BCUT2D eigenvalue weighted by Gasteiger charge is 2.39. The van der Waals surface area contributed by atoms with Crippen LogP contribution in [0.2, 0.25) is 0 Å². The second-order valence-corrected chi connectivity index (χ2v) is 3.91. The van der Waals surface area contributed by atoms with Gasteiger partial charge in [0.1, 0.15) is 0 Å². The molecule has 1 rings (SSSR count). The summed E-state index contributed by atoms with van der Waals surface area (Å²) in [5.74, 6) is 0. The van der Waals surface area contributed by atoms with E-state index in [4.69, 9.17) is 4.84 Å². The summed E-state index contributed by atoms with van der Waals surface area (Å²) in [5.41, 5.74) is 0.505. The molecule has 0 spiro atoms. The van der Waals surface area contributed by atoms with Crippen molar-refractivity contribution in [1.82, 2.24) is 5.06 Å². The van der Waals surface area contributed by atoms with Crippen LogP contribution in [0.4, 0.5) is 0 Å². The molecule has 0 radical (unpaired) electrons. The lowest BCUT2D eigenvalue weighted by atomic mass is 9.66. The van der Waals surface area contributed by atoms with Crippen LogP contribution in [0, 0.1) is 5.41 Å². The van der Waals surface area contributed by atoms with Gasteiger partial charge in [-0.25, -0.2) is 0 Å². The van der Waals surface area contributed by atoms with E-state index in [1.54, 1.807) is 7.11 Å². The van der Waals surface area contributed by atoms with E-state index in [2.05, 4.69) is 13.8 Å². The van der Waals surface area contributed by atoms with Crippen molar-refractivity contribution in [2.75, 3.05) is 14.2 Å². The van der Waals surface area contributed by atoms with Gasteiger partial charge in [0.05, 0.1) is 7.11 Å². The van der Waals surface area contributed by atoms with Crippen molar-refractivity contribution in [2.45, 2.75) is 39.2 Å². The number of hydrogen-bond acceptors (Lipinski definition) is 2. The number of hydroxylamine groups is 2. The molecule has 0 amide bonds. The maximum atomic E-state index is 5.17. The predicted octanol–water partition coefficient (Wildman–Crippen LogP) is 2.06. The second-order valence-electron chi connectivity index (χ2n) is 3.91. The minimum absolute atomic E-state index is 0.505. The van der Waals surface area contributed by atoms with Crippen LogP contribution in [0.25, 0.3) is 0 Å². The van der Waals surface area contributed by atoms with Crippen molar-refractivity contribution in [2.24, 2.45) is 5.41 Å². The van der Waals surface area contributed by atoms with Gasteiger partial charge >= 0.3 is 0 Å². The van der Waals surface area contributed by atoms with E-state index in [0.29, 0.717) is 11.5 Å². The van der Waals surface area contributed by atoms with Gasteiger partial charge in [-0.2, -0.15) is 5.06 Å². The van der Waals surface area contributed by atoms with Gasteiger partial charge in [-0.05, 0) is 25.2 Å². The largest absolute Gasteiger partial charge is 0.302 e. The Hall–Kier alpha value is -0.0800. The van der Waals surface area contributed by atoms with Gasteiger partial charge in [-0.15, -0.1) is 0 Å². The monoisotopic (exact) mass is 157 g/mol. The van der Waals surface area contributed by atoms with Crippen LogP contribution in [0.5, 0.6) is 0 Å². The maximum Gasteiger partial charge on any atom is 0.0575 e. The Bertz CT molecular complexity index is 132. The topological polar surface area (TPSA) is 12.5 Å². The Morgan fingerprint density at radius 1 is 1.45 bits per heavy atom. The highest BCUT2D eigenvalue weighted by atomic mass is 16.7. The van der Waals surface area contributed by atoms with E-state index < -0.39 is 0 Å². The zero-order valence-corrected chi connectivity index (χ0v) is 8.05. The summed E-state index contributed by atoms with van der Waals surface area (Å²) < 4.78 is 0. The van der Waals surface area contributed by atoms with Crippen LogP contribution >= 0.6 is 0 Å². The van der Waals surface area contributed by atoms with Gasteiger partial charge in [-0.3, -0.25) is 0 Å². The van der Waals surface area contributed by atoms with E-state index in [-0.39, 0.29) is 0 Å². The Morgan fingerprint density at radius 3 is 2.27 bits per heavy atom. The fraction of sp³-hybridized carbons (Fsp3) is 1.00. The molecule has 1 saturated carbocycles. The van der Waals surface area contributed by atoms with Crippen molar-refractivity contribution in [3.05, 3.63) is 0 Å². The molecule has 0 aromatic heterocycles. The molecule has 0 aromatic rings. The number of hydrogen-bond donors (Lipinski definition) is 0. The molecule has 0 saturated heterocycles. The highest BCUT2D eigenvalue weighted by molar-refractivity contribution is 4.90. The molecule has 2 nitrogen and oxygen atoms in total. The van der Waals surface area contributed by atoms with Crippen molar-refractivity contribution < 1.29 is 4.84 Å². The third kappa shape index (κ3) is 1.57. The van der Waals surface area contributed by atoms with Crippen molar-refractivity contribution in [3.8, 4) is 0 Å². The van der Waals surface area contributed by atoms with Crippen LogP contribution in [0.1, 0.15) is 33.1 Å². The fourth-order valence-corrected chi connectivity index (χ4v) is 1.75. The third-order valence-corrected chi connectivity index (χ3v) is 3.34. The lowest BCUT2D eigenvalue weighted by molar-refractivity contribution is -0.175. The number of rotatable bonds is 3. The maximum absolute atomic E-state index is 5.17. The van der Waals surface area contributed by atoms with Gasteiger partial charge in [-0.1, -0.05) is 13.3 Å². The average molecular weight is 157 g/mol. The van der Waals surface area contributed by atoms with E-state index in [0.717, 1.165) is 0 Å². The molecule has 1 atom stereocenters. The Balaban J connectivity index is 2.45. The summed E-state index contributed by atoms with van der Waals surface area (Å²) in [6.45, 7) is 4.58. The highest BCUT2D eigenvalue weighted by Crippen LogP contribution is 2.44. The van der Waals surface area contributed by atoms with Crippen LogP contribution in [0.15, 0.2) is 0 Å². The molecular weight excluding hydrogens is 138 g/mol. The zero-order chi connectivity index (χ0) is 8.48. The summed E-state index contributed by atoms with van der Waals surface area (Å²) in [6, 6.07) is 0.543. The predicted molar refractivity (Wildman–Crippen MR) is 46.2 cm³/mol. The van der Waals surface area contributed by atoms with E-state index in [1.807, 2.05) is 12.1 Å². The molecule has 1 fully saturated rings. The molecule has 1 aliphatic carbocycles. The first kappa shape index (κ1) is 9.01. The van der Waals surface area contributed by atoms with Crippen molar-refractivity contribution in [1.29, 1.82) is 0 Å². The molecule has 0 aromatic carbocycles. The molecule has 0 aliphatic heterocycles. The number of nitrogens with zero attached hydrogens (tertiary/aromatic N) is 1. The molecule has 0 bridgehead atoms. The van der Waals surface area contributed by atoms with Gasteiger partial charge in [0, 0.05) is 13.1 Å². The Labute approximate surface area is 69.5 Å². The molecule has 66 valence electrons. The second kappa shape index (κ2) is 3.11. The van der Waals surface area contributed by atoms with Crippen LogP contribution in [-0.2, 0) is 4.84 Å². The van der Waals surface area contributed by atoms with Crippen molar-refractivity contribution >= 4 is 0 Å². The minimum atomic E-state index is 0.505. The average Bonchev–Trinajstić information content (AvgIpc) is 1.97. The lowest BCUT2D eigenvalue weighted by Gasteiger charge is -2.46. The van der Waals surface area contributed by atoms with Crippen molar-refractivity contribution in [3.63, 3.8) is 0 Å². The van der Waals surface area contributed by atoms with Gasteiger partial charge in [0.15, 0.2) is 0 Å². The van der Waals surface area contributed by atoms with E-state index in [9.17, 15) is 0 Å². The van der Waals surface area contributed by atoms with Crippen LogP contribution < -0.4 is 0 Å². The smallest absolute Gasteiger partial charge is 0.0575 e. The van der Waals surface area contributed by atoms with Gasteiger partial charge in [0.25, 0.3) is 0 Å². The summed E-state index contributed by atoms with van der Waals surface area (Å²) in [6.07, 6.45) is 4.09. The quantitative estimate of drug-likeness (QED) is 0.581. The first-order valence-electron chi connectivity index (χ1n) is 4.37. The molecule has 0 N–H and O–H groups in total. The van der Waals surface area contributed by atoms with Gasteiger partial charge < -0.3 is 4.84 Å². The Kier molecular flexibility index (Phi) is 2.55. The first-order valence-corrected chi connectivity index (χ1v) is 4.37. The van der Waals surface area contributed by atoms with Crippen LogP contribution in [0.3, 0.4) is 0 Å². The minimum Gasteiger partial charge on any atom is -0.302 e. The summed E-state index contributed by atoms with van der Waals surface area (Å²) >= 11 is 0. The SMILES string of the molecule is CON(C)C(C)C1(C)CCC1. The third-order valence-electron chi connectivity index (χ3n) is 3.34. The molecule has 1 aliphatic rings. The Morgan fingerprint density at radius 2 is 2.00 bits per heavy atom. The van der Waals surface area contributed by atoms with E-state index in [1.165, 1.54) is 19.3 Å².